The Morgan fingerprint density at radius 2 is 2.13 bits per heavy atom. The van der Waals surface area contributed by atoms with Crippen LogP contribution in [0.2, 0.25) is 0 Å². The van der Waals surface area contributed by atoms with E-state index in [0.717, 1.165) is 31.7 Å². The molecule has 15 heavy (non-hydrogen) atoms. The summed E-state index contributed by atoms with van der Waals surface area (Å²) in [5.74, 6) is 1.32. The Balaban J connectivity index is 2.06. The first-order valence-electron chi connectivity index (χ1n) is 5.29. The SMILES string of the molecule is Cc1ccc(C(N)C(=O)N2CCCC2)o1. The fourth-order valence-corrected chi connectivity index (χ4v) is 1.88. The van der Waals surface area contributed by atoms with Crippen LogP contribution in [0.4, 0.5) is 0 Å². The summed E-state index contributed by atoms with van der Waals surface area (Å²) in [4.78, 5) is 13.7. The Hall–Kier alpha value is -1.29. The van der Waals surface area contributed by atoms with Crippen molar-refractivity contribution in [3.63, 3.8) is 0 Å². The van der Waals surface area contributed by atoms with Crippen molar-refractivity contribution in [1.29, 1.82) is 0 Å². The van der Waals surface area contributed by atoms with Crippen LogP contribution < -0.4 is 5.73 Å². The second-order valence-corrected chi connectivity index (χ2v) is 3.96. The Morgan fingerprint density at radius 1 is 1.47 bits per heavy atom. The first kappa shape index (κ1) is 10.2. The molecule has 1 saturated heterocycles. The molecule has 0 aromatic carbocycles. The van der Waals surface area contributed by atoms with Crippen molar-refractivity contribution in [3.8, 4) is 0 Å². The molecule has 1 atom stereocenters. The predicted molar refractivity (Wildman–Crippen MR) is 56.2 cm³/mol. The van der Waals surface area contributed by atoms with Gasteiger partial charge in [-0.05, 0) is 31.9 Å². The summed E-state index contributed by atoms with van der Waals surface area (Å²) in [6, 6.07) is 2.96. The summed E-state index contributed by atoms with van der Waals surface area (Å²) in [6.07, 6.45) is 2.16. The summed E-state index contributed by atoms with van der Waals surface area (Å²) in [5, 5.41) is 0. The van der Waals surface area contributed by atoms with Gasteiger partial charge in [0.25, 0.3) is 0 Å². The lowest BCUT2D eigenvalue weighted by Crippen LogP contribution is -2.36. The number of amides is 1. The van der Waals surface area contributed by atoms with Crippen molar-refractivity contribution in [2.75, 3.05) is 13.1 Å². The summed E-state index contributed by atoms with van der Waals surface area (Å²) < 4.78 is 5.35. The second-order valence-electron chi connectivity index (χ2n) is 3.96. The molecule has 1 fully saturated rings. The van der Waals surface area contributed by atoms with Gasteiger partial charge in [0.15, 0.2) is 0 Å². The minimum absolute atomic E-state index is 0.0261. The number of carbonyl (C=O) groups excluding carboxylic acids is 1. The van der Waals surface area contributed by atoms with E-state index in [1.54, 1.807) is 6.07 Å². The molecule has 1 amide bonds. The van der Waals surface area contributed by atoms with E-state index in [1.807, 2.05) is 17.9 Å². The number of likely N-dealkylation sites (tertiary alicyclic amines) is 1. The molecule has 2 rings (SSSR count). The van der Waals surface area contributed by atoms with Crippen LogP contribution in [-0.2, 0) is 4.79 Å². The topological polar surface area (TPSA) is 59.5 Å². The molecule has 0 bridgehead atoms. The van der Waals surface area contributed by atoms with E-state index < -0.39 is 6.04 Å². The Bertz CT molecular complexity index is 353. The number of nitrogens with two attached hydrogens (primary N) is 1. The molecule has 82 valence electrons. The van der Waals surface area contributed by atoms with Gasteiger partial charge in [0, 0.05) is 13.1 Å². The fourth-order valence-electron chi connectivity index (χ4n) is 1.88. The van der Waals surface area contributed by atoms with Gasteiger partial charge in [0.2, 0.25) is 5.91 Å². The lowest BCUT2D eigenvalue weighted by molar-refractivity contribution is -0.132. The third-order valence-electron chi connectivity index (χ3n) is 2.75. The molecule has 0 spiro atoms. The molecular formula is C11H16N2O2. The molecule has 0 aliphatic carbocycles. The minimum Gasteiger partial charge on any atom is -0.464 e. The zero-order chi connectivity index (χ0) is 10.8. The third kappa shape index (κ3) is 2.04. The van der Waals surface area contributed by atoms with Gasteiger partial charge in [-0.15, -0.1) is 0 Å². The van der Waals surface area contributed by atoms with Crippen LogP contribution in [0.25, 0.3) is 0 Å². The lowest BCUT2D eigenvalue weighted by atomic mass is 10.2. The number of furan rings is 1. The van der Waals surface area contributed by atoms with E-state index in [4.69, 9.17) is 10.2 Å². The highest BCUT2D eigenvalue weighted by Gasteiger charge is 2.26. The number of hydrogen-bond donors (Lipinski definition) is 1. The second kappa shape index (κ2) is 4.06. The monoisotopic (exact) mass is 208 g/mol. The van der Waals surface area contributed by atoms with Gasteiger partial charge < -0.3 is 15.1 Å². The third-order valence-corrected chi connectivity index (χ3v) is 2.75. The molecule has 0 saturated carbocycles. The molecule has 1 aromatic heterocycles. The molecule has 2 N–H and O–H groups in total. The van der Waals surface area contributed by atoms with Crippen LogP contribution in [-0.4, -0.2) is 23.9 Å². The Morgan fingerprint density at radius 3 is 2.67 bits per heavy atom. The van der Waals surface area contributed by atoms with Gasteiger partial charge in [-0.2, -0.15) is 0 Å². The van der Waals surface area contributed by atoms with Gasteiger partial charge in [-0.1, -0.05) is 0 Å². The van der Waals surface area contributed by atoms with Gasteiger partial charge in [0.05, 0.1) is 0 Å². The fraction of sp³-hybridized carbons (Fsp3) is 0.545. The molecule has 1 unspecified atom stereocenters. The smallest absolute Gasteiger partial charge is 0.247 e. The normalized spacial score (nSPS) is 18.1. The zero-order valence-electron chi connectivity index (χ0n) is 8.90. The van der Waals surface area contributed by atoms with Crippen LogP contribution in [0.5, 0.6) is 0 Å². The first-order chi connectivity index (χ1) is 7.18. The average Bonchev–Trinajstić information content (AvgIpc) is 2.85. The lowest BCUT2D eigenvalue weighted by Gasteiger charge is -2.18. The van der Waals surface area contributed by atoms with Crippen molar-refractivity contribution < 1.29 is 9.21 Å². The molecule has 0 radical (unpaired) electrons. The first-order valence-corrected chi connectivity index (χ1v) is 5.29. The van der Waals surface area contributed by atoms with Crippen molar-refractivity contribution in [3.05, 3.63) is 23.7 Å². The van der Waals surface area contributed by atoms with Crippen LogP contribution in [0.1, 0.15) is 30.4 Å². The van der Waals surface area contributed by atoms with Crippen molar-refractivity contribution in [2.45, 2.75) is 25.8 Å². The van der Waals surface area contributed by atoms with Crippen LogP contribution in [0, 0.1) is 6.92 Å². The van der Waals surface area contributed by atoms with E-state index >= 15 is 0 Å². The quantitative estimate of drug-likeness (QED) is 0.794. The van der Waals surface area contributed by atoms with Gasteiger partial charge >= 0.3 is 0 Å². The summed E-state index contributed by atoms with van der Waals surface area (Å²) in [5.41, 5.74) is 5.85. The highest BCUT2D eigenvalue weighted by molar-refractivity contribution is 5.82. The number of aryl methyl sites for hydroxylation is 1. The van der Waals surface area contributed by atoms with Crippen molar-refractivity contribution >= 4 is 5.91 Å². The van der Waals surface area contributed by atoms with Gasteiger partial charge in [0.1, 0.15) is 17.6 Å². The number of nitrogens with zero attached hydrogens (tertiary/aromatic N) is 1. The number of rotatable bonds is 2. The maximum absolute atomic E-state index is 11.9. The van der Waals surface area contributed by atoms with Crippen molar-refractivity contribution in [1.82, 2.24) is 4.90 Å². The van der Waals surface area contributed by atoms with Crippen LogP contribution in [0.15, 0.2) is 16.5 Å². The van der Waals surface area contributed by atoms with E-state index in [1.165, 1.54) is 0 Å². The van der Waals surface area contributed by atoms with E-state index in [-0.39, 0.29) is 5.91 Å². The largest absolute Gasteiger partial charge is 0.464 e. The molecular weight excluding hydrogens is 192 g/mol. The van der Waals surface area contributed by atoms with E-state index in [0.29, 0.717) is 5.76 Å². The summed E-state index contributed by atoms with van der Waals surface area (Å²) in [7, 11) is 0. The Kier molecular flexibility index (Phi) is 2.77. The predicted octanol–water partition coefficient (Wildman–Crippen LogP) is 1.21. The molecule has 2 heterocycles. The Labute approximate surface area is 89.0 Å². The molecule has 1 aliphatic heterocycles. The van der Waals surface area contributed by atoms with Crippen LogP contribution >= 0.6 is 0 Å². The standard InChI is InChI=1S/C11H16N2O2/c1-8-4-5-9(15-8)10(12)11(14)13-6-2-3-7-13/h4-5,10H,2-3,6-7,12H2,1H3. The maximum Gasteiger partial charge on any atom is 0.247 e. The molecule has 1 aliphatic rings. The average molecular weight is 208 g/mol. The highest BCUT2D eigenvalue weighted by atomic mass is 16.3. The molecule has 4 heteroatoms. The van der Waals surface area contributed by atoms with Crippen LogP contribution in [0.3, 0.4) is 0 Å². The zero-order valence-corrected chi connectivity index (χ0v) is 8.90. The number of hydrogen-bond acceptors (Lipinski definition) is 3. The van der Waals surface area contributed by atoms with E-state index in [2.05, 4.69) is 0 Å². The summed E-state index contributed by atoms with van der Waals surface area (Å²) >= 11 is 0. The maximum atomic E-state index is 11.9. The van der Waals surface area contributed by atoms with Gasteiger partial charge in [-0.3, -0.25) is 4.79 Å². The summed E-state index contributed by atoms with van der Waals surface area (Å²) in [6.45, 7) is 3.50. The highest BCUT2D eigenvalue weighted by Crippen LogP contribution is 2.18. The molecule has 4 nitrogen and oxygen atoms in total. The van der Waals surface area contributed by atoms with Crippen molar-refractivity contribution in [2.24, 2.45) is 5.73 Å². The molecule has 1 aromatic rings. The van der Waals surface area contributed by atoms with Gasteiger partial charge in [-0.25, -0.2) is 0 Å². The number of carbonyl (C=O) groups is 1. The minimum atomic E-state index is -0.642. The van der Waals surface area contributed by atoms with E-state index in [9.17, 15) is 4.79 Å².